The standard InChI is InChI=1S/C16H18N2O2S/c1-11-5-3-4-6-13(11)15-7-18(12(2)8-20-15)16(19)14-9-21-10-17-14/h3-6,9-10,12,15H,7-8H2,1-2H3. The number of hydrogen-bond donors (Lipinski definition) is 0. The summed E-state index contributed by atoms with van der Waals surface area (Å²) in [5.74, 6) is -0.00867. The first kappa shape index (κ1) is 14.2. The number of amides is 1. The first-order valence-corrected chi connectivity index (χ1v) is 7.97. The molecule has 2 heterocycles. The Morgan fingerprint density at radius 2 is 2.24 bits per heavy atom. The third-order valence-electron chi connectivity index (χ3n) is 3.88. The van der Waals surface area contributed by atoms with E-state index in [0.29, 0.717) is 18.8 Å². The molecule has 5 heteroatoms. The normalized spacial score (nSPS) is 22.3. The van der Waals surface area contributed by atoms with Crippen molar-refractivity contribution in [3.63, 3.8) is 0 Å². The topological polar surface area (TPSA) is 42.4 Å². The van der Waals surface area contributed by atoms with Gasteiger partial charge in [0.1, 0.15) is 11.8 Å². The minimum atomic E-state index is -0.0648. The minimum absolute atomic E-state index is 0.00867. The molecule has 110 valence electrons. The van der Waals surface area contributed by atoms with E-state index in [1.54, 1.807) is 10.9 Å². The van der Waals surface area contributed by atoms with Crippen LogP contribution < -0.4 is 0 Å². The number of aryl methyl sites for hydroxylation is 1. The minimum Gasteiger partial charge on any atom is -0.370 e. The fraction of sp³-hybridized carbons (Fsp3) is 0.375. The van der Waals surface area contributed by atoms with Crippen molar-refractivity contribution in [3.8, 4) is 0 Å². The quantitative estimate of drug-likeness (QED) is 0.856. The first-order valence-electron chi connectivity index (χ1n) is 7.03. The Balaban J connectivity index is 1.82. The van der Waals surface area contributed by atoms with Crippen molar-refractivity contribution < 1.29 is 9.53 Å². The van der Waals surface area contributed by atoms with E-state index in [1.165, 1.54) is 16.9 Å². The van der Waals surface area contributed by atoms with Crippen molar-refractivity contribution in [1.29, 1.82) is 0 Å². The molecule has 0 bridgehead atoms. The van der Waals surface area contributed by atoms with Gasteiger partial charge in [0.2, 0.25) is 0 Å². The highest BCUT2D eigenvalue weighted by Gasteiger charge is 2.32. The molecule has 2 unspecified atom stereocenters. The summed E-state index contributed by atoms with van der Waals surface area (Å²) in [6.07, 6.45) is -0.0648. The second-order valence-electron chi connectivity index (χ2n) is 5.36. The van der Waals surface area contributed by atoms with Crippen LogP contribution in [0.1, 0.15) is 34.6 Å². The zero-order valence-electron chi connectivity index (χ0n) is 12.2. The number of carbonyl (C=O) groups is 1. The van der Waals surface area contributed by atoms with Crippen LogP contribution in [0.3, 0.4) is 0 Å². The lowest BCUT2D eigenvalue weighted by molar-refractivity contribution is -0.0490. The Morgan fingerprint density at radius 1 is 1.43 bits per heavy atom. The monoisotopic (exact) mass is 302 g/mol. The molecule has 2 aromatic rings. The van der Waals surface area contributed by atoms with Gasteiger partial charge in [-0.15, -0.1) is 11.3 Å². The van der Waals surface area contributed by atoms with Gasteiger partial charge in [0.25, 0.3) is 5.91 Å². The van der Waals surface area contributed by atoms with E-state index in [4.69, 9.17) is 4.74 Å². The van der Waals surface area contributed by atoms with Crippen LogP contribution in [0.4, 0.5) is 0 Å². The average molecular weight is 302 g/mol. The molecule has 1 amide bonds. The molecule has 21 heavy (non-hydrogen) atoms. The van der Waals surface area contributed by atoms with Crippen LogP contribution in [0.5, 0.6) is 0 Å². The van der Waals surface area contributed by atoms with Gasteiger partial charge in [-0.25, -0.2) is 4.98 Å². The SMILES string of the molecule is Cc1ccccc1C1CN(C(=O)c2cscn2)C(C)CO1. The van der Waals surface area contributed by atoms with Gasteiger partial charge in [-0.1, -0.05) is 24.3 Å². The lowest BCUT2D eigenvalue weighted by atomic mass is 10.0. The Bertz CT molecular complexity index is 627. The Kier molecular flexibility index (Phi) is 4.03. The van der Waals surface area contributed by atoms with Crippen LogP contribution in [0.2, 0.25) is 0 Å². The number of hydrogen-bond acceptors (Lipinski definition) is 4. The van der Waals surface area contributed by atoms with Crippen LogP contribution in [-0.2, 0) is 4.74 Å². The number of ether oxygens (including phenoxy) is 1. The Hall–Kier alpha value is -1.72. The summed E-state index contributed by atoms with van der Waals surface area (Å²) in [5.41, 5.74) is 4.56. The van der Waals surface area contributed by atoms with E-state index in [0.717, 1.165) is 5.56 Å². The van der Waals surface area contributed by atoms with Gasteiger partial charge in [0, 0.05) is 5.38 Å². The summed E-state index contributed by atoms with van der Waals surface area (Å²) >= 11 is 1.44. The van der Waals surface area contributed by atoms with Gasteiger partial charge in [-0.3, -0.25) is 4.79 Å². The second-order valence-corrected chi connectivity index (χ2v) is 6.08. The summed E-state index contributed by atoms with van der Waals surface area (Å²) in [5, 5.41) is 1.80. The van der Waals surface area contributed by atoms with Gasteiger partial charge in [0.05, 0.1) is 24.7 Å². The van der Waals surface area contributed by atoms with Gasteiger partial charge in [-0.2, -0.15) is 0 Å². The van der Waals surface area contributed by atoms with Crippen LogP contribution in [0, 0.1) is 6.92 Å². The van der Waals surface area contributed by atoms with Crippen molar-refractivity contribution in [2.45, 2.75) is 26.0 Å². The summed E-state index contributed by atoms with van der Waals surface area (Å²) in [7, 11) is 0. The predicted molar refractivity (Wildman–Crippen MR) is 82.5 cm³/mol. The molecule has 1 saturated heterocycles. The zero-order chi connectivity index (χ0) is 14.8. The zero-order valence-corrected chi connectivity index (χ0v) is 13.0. The van der Waals surface area contributed by atoms with Crippen LogP contribution in [0.25, 0.3) is 0 Å². The van der Waals surface area contributed by atoms with Crippen molar-refractivity contribution in [2.75, 3.05) is 13.2 Å². The average Bonchev–Trinajstić information content (AvgIpc) is 3.02. The fourth-order valence-electron chi connectivity index (χ4n) is 2.64. The molecule has 4 nitrogen and oxygen atoms in total. The summed E-state index contributed by atoms with van der Waals surface area (Å²) in [6.45, 7) is 5.21. The molecule has 1 fully saturated rings. The molecule has 1 aliphatic rings. The molecule has 1 aromatic heterocycles. The maximum Gasteiger partial charge on any atom is 0.273 e. The third kappa shape index (κ3) is 2.84. The van der Waals surface area contributed by atoms with Crippen molar-refractivity contribution in [1.82, 2.24) is 9.88 Å². The van der Waals surface area contributed by atoms with Crippen LogP contribution in [0.15, 0.2) is 35.2 Å². The number of thiazole rings is 1. The predicted octanol–water partition coefficient (Wildman–Crippen LogP) is 3.05. The number of carbonyl (C=O) groups excluding carboxylic acids is 1. The molecular formula is C16H18N2O2S. The molecule has 1 aromatic carbocycles. The van der Waals surface area contributed by atoms with E-state index >= 15 is 0 Å². The molecule has 1 aliphatic heterocycles. The summed E-state index contributed by atoms with van der Waals surface area (Å²) in [6, 6.07) is 8.24. The second kappa shape index (κ2) is 5.95. The van der Waals surface area contributed by atoms with E-state index in [1.807, 2.05) is 24.0 Å². The molecule has 0 aliphatic carbocycles. The molecule has 0 N–H and O–H groups in total. The highest BCUT2D eigenvalue weighted by atomic mass is 32.1. The number of aromatic nitrogens is 1. The van der Waals surface area contributed by atoms with Gasteiger partial charge in [0.15, 0.2) is 0 Å². The molecule has 0 saturated carbocycles. The maximum atomic E-state index is 12.5. The molecule has 0 spiro atoms. The highest BCUT2D eigenvalue weighted by molar-refractivity contribution is 7.07. The van der Waals surface area contributed by atoms with Gasteiger partial charge in [-0.05, 0) is 25.0 Å². The Morgan fingerprint density at radius 3 is 2.95 bits per heavy atom. The number of morpholine rings is 1. The van der Waals surface area contributed by atoms with Gasteiger partial charge >= 0.3 is 0 Å². The molecule has 0 radical (unpaired) electrons. The smallest absolute Gasteiger partial charge is 0.273 e. The molecular weight excluding hydrogens is 284 g/mol. The van der Waals surface area contributed by atoms with Gasteiger partial charge < -0.3 is 9.64 Å². The van der Waals surface area contributed by atoms with E-state index in [9.17, 15) is 4.79 Å². The summed E-state index contributed by atoms with van der Waals surface area (Å²) < 4.78 is 5.94. The van der Waals surface area contributed by atoms with E-state index < -0.39 is 0 Å². The van der Waals surface area contributed by atoms with Crippen molar-refractivity contribution in [3.05, 3.63) is 52.0 Å². The molecule has 3 rings (SSSR count). The number of nitrogens with zero attached hydrogens (tertiary/aromatic N) is 2. The first-order chi connectivity index (χ1) is 10.2. The van der Waals surface area contributed by atoms with Crippen LogP contribution >= 0.6 is 11.3 Å². The van der Waals surface area contributed by atoms with E-state index in [-0.39, 0.29) is 18.1 Å². The summed E-state index contributed by atoms with van der Waals surface area (Å²) in [4.78, 5) is 18.5. The van der Waals surface area contributed by atoms with Crippen LogP contribution in [-0.4, -0.2) is 35.0 Å². The number of rotatable bonds is 2. The lowest BCUT2D eigenvalue weighted by Gasteiger charge is -2.38. The largest absolute Gasteiger partial charge is 0.370 e. The third-order valence-corrected chi connectivity index (χ3v) is 4.47. The van der Waals surface area contributed by atoms with Crippen molar-refractivity contribution >= 4 is 17.2 Å². The highest BCUT2D eigenvalue weighted by Crippen LogP contribution is 2.28. The Labute approximate surface area is 128 Å². The lowest BCUT2D eigenvalue weighted by Crippen LogP contribution is -2.48. The van der Waals surface area contributed by atoms with E-state index in [2.05, 4.69) is 24.0 Å². The molecule has 2 atom stereocenters. The fourth-order valence-corrected chi connectivity index (χ4v) is 3.17. The number of benzene rings is 1. The van der Waals surface area contributed by atoms with Crippen molar-refractivity contribution in [2.24, 2.45) is 0 Å². The maximum absolute atomic E-state index is 12.5.